The van der Waals surface area contributed by atoms with Gasteiger partial charge in [-0.25, -0.2) is 4.98 Å². The number of nitrogens with two attached hydrogens (primary N) is 1. The molecule has 1 aromatic heterocycles. The van der Waals surface area contributed by atoms with Gasteiger partial charge in [-0.1, -0.05) is 26.8 Å². The lowest BCUT2D eigenvalue weighted by Crippen LogP contribution is -2.09. The van der Waals surface area contributed by atoms with Crippen molar-refractivity contribution >= 4 is 28.0 Å². The third-order valence-corrected chi connectivity index (χ3v) is 2.76. The van der Waals surface area contributed by atoms with Crippen molar-refractivity contribution in [2.24, 2.45) is 5.41 Å². The predicted octanol–water partition coefficient (Wildman–Crippen LogP) is 2.63. The largest absolute Gasteiger partial charge is 0.481 e. The molecule has 1 heterocycles. The number of carboxylic acids is 1. The first-order valence-electron chi connectivity index (χ1n) is 4.94. The van der Waals surface area contributed by atoms with E-state index in [9.17, 15) is 4.79 Å². The lowest BCUT2D eigenvalue weighted by molar-refractivity contribution is -0.135. The summed E-state index contributed by atoms with van der Waals surface area (Å²) in [6, 6.07) is 0. The number of nitrogens with zero attached hydrogens (tertiary/aromatic N) is 1. The van der Waals surface area contributed by atoms with Gasteiger partial charge in [0.25, 0.3) is 0 Å². The summed E-state index contributed by atoms with van der Waals surface area (Å²) in [4.78, 5) is 14.8. The summed E-state index contributed by atoms with van der Waals surface area (Å²) in [5.41, 5.74) is 7.13. The van der Waals surface area contributed by atoms with Crippen LogP contribution in [0, 0.1) is 5.41 Å². The second-order valence-electron chi connectivity index (χ2n) is 4.54. The van der Waals surface area contributed by atoms with Crippen LogP contribution in [0.4, 0.5) is 5.13 Å². The fourth-order valence-electron chi connectivity index (χ4n) is 1.40. The van der Waals surface area contributed by atoms with E-state index >= 15 is 0 Å². The van der Waals surface area contributed by atoms with Crippen LogP contribution in [-0.4, -0.2) is 16.1 Å². The normalized spacial score (nSPS) is 12.8. The van der Waals surface area contributed by atoms with Gasteiger partial charge in [0.05, 0.1) is 12.1 Å². The highest BCUT2D eigenvalue weighted by molar-refractivity contribution is 7.13. The van der Waals surface area contributed by atoms with E-state index in [2.05, 4.69) is 4.98 Å². The molecule has 16 heavy (non-hydrogen) atoms. The van der Waals surface area contributed by atoms with Gasteiger partial charge in [-0.2, -0.15) is 0 Å². The molecule has 0 unspecified atom stereocenters. The van der Waals surface area contributed by atoms with Crippen molar-refractivity contribution in [3.8, 4) is 0 Å². The number of anilines is 1. The van der Waals surface area contributed by atoms with E-state index in [4.69, 9.17) is 10.8 Å². The number of hydrogen-bond acceptors (Lipinski definition) is 4. The van der Waals surface area contributed by atoms with E-state index in [-0.39, 0.29) is 11.8 Å². The molecule has 0 fully saturated rings. The zero-order valence-electron chi connectivity index (χ0n) is 9.65. The van der Waals surface area contributed by atoms with Gasteiger partial charge in [-0.05, 0) is 11.0 Å². The topological polar surface area (TPSA) is 76.2 Å². The van der Waals surface area contributed by atoms with Gasteiger partial charge in [-0.15, -0.1) is 11.3 Å². The Morgan fingerprint density at radius 2 is 2.25 bits per heavy atom. The molecule has 0 bridgehead atoms. The van der Waals surface area contributed by atoms with E-state index in [0.717, 1.165) is 11.3 Å². The van der Waals surface area contributed by atoms with Crippen LogP contribution in [0.3, 0.4) is 0 Å². The number of aromatic nitrogens is 1. The van der Waals surface area contributed by atoms with Crippen LogP contribution in [0.5, 0.6) is 0 Å². The molecule has 0 amide bonds. The van der Waals surface area contributed by atoms with Crippen LogP contribution in [-0.2, 0) is 4.79 Å². The van der Waals surface area contributed by atoms with E-state index in [0.29, 0.717) is 5.13 Å². The molecule has 0 saturated heterocycles. The Morgan fingerprint density at radius 3 is 2.62 bits per heavy atom. The molecule has 0 radical (unpaired) electrons. The molecule has 0 aliphatic heterocycles. The molecule has 1 aromatic rings. The minimum Gasteiger partial charge on any atom is -0.481 e. The van der Waals surface area contributed by atoms with Gasteiger partial charge < -0.3 is 10.8 Å². The monoisotopic (exact) mass is 240 g/mol. The van der Waals surface area contributed by atoms with Gasteiger partial charge >= 0.3 is 5.97 Å². The molecule has 3 N–H and O–H groups in total. The van der Waals surface area contributed by atoms with Crippen LogP contribution >= 0.6 is 11.3 Å². The van der Waals surface area contributed by atoms with Crippen molar-refractivity contribution < 1.29 is 9.90 Å². The highest BCUT2D eigenvalue weighted by atomic mass is 32.1. The third kappa shape index (κ3) is 3.34. The van der Waals surface area contributed by atoms with E-state index < -0.39 is 5.97 Å². The van der Waals surface area contributed by atoms with Gasteiger partial charge in [0.2, 0.25) is 0 Å². The maximum Gasteiger partial charge on any atom is 0.307 e. The third-order valence-electron chi connectivity index (χ3n) is 2.09. The number of aliphatic carboxylic acids is 1. The first-order chi connectivity index (χ1) is 7.30. The molecule has 0 aromatic carbocycles. The lowest BCUT2D eigenvalue weighted by Gasteiger charge is -2.21. The molecule has 4 nitrogen and oxygen atoms in total. The molecule has 88 valence electrons. The summed E-state index contributed by atoms with van der Waals surface area (Å²) in [6.45, 7) is 6.07. The van der Waals surface area contributed by atoms with Crippen molar-refractivity contribution in [3.05, 3.63) is 17.2 Å². The number of rotatable bonds is 3. The molecular weight excluding hydrogens is 224 g/mol. The second-order valence-corrected chi connectivity index (χ2v) is 5.43. The highest BCUT2D eigenvalue weighted by Crippen LogP contribution is 2.35. The standard InChI is InChI=1S/C11H16N2O2S/c1-11(2,3)7(4-5-9(14)15)8-6-16-10(12)13-8/h4,6H,5H2,1-3H3,(H2,12,13)(H,14,15)/b7-4+. The zero-order valence-corrected chi connectivity index (χ0v) is 10.5. The van der Waals surface area contributed by atoms with Crippen molar-refractivity contribution in [2.75, 3.05) is 5.73 Å². The first-order valence-corrected chi connectivity index (χ1v) is 5.82. The molecule has 5 heteroatoms. The Morgan fingerprint density at radius 1 is 1.62 bits per heavy atom. The maximum absolute atomic E-state index is 10.6. The van der Waals surface area contributed by atoms with Crippen LogP contribution in [0.2, 0.25) is 0 Å². The molecule has 0 aliphatic carbocycles. The summed E-state index contributed by atoms with van der Waals surface area (Å²) in [5, 5.41) is 11.0. The van der Waals surface area contributed by atoms with E-state index in [1.165, 1.54) is 11.3 Å². The van der Waals surface area contributed by atoms with Crippen LogP contribution in [0.25, 0.3) is 5.57 Å². The Hall–Kier alpha value is -1.36. The lowest BCUT2D eigenvalue weighted by atomic mass is 9.84. The first kappa shape index (κ1) is 12.7. The number of thiazole rings is 1. The van der Waals surface area contributed by atoms with E-state index in [1.807, 2.05) is 26.2 Å². The molecular formula is C11H16N2O2S. The number of allylic oxidation sites excluding steroid dienone is 1. The summed E-state index contributed by atoms with van der Waals surface area (Å²) < 4.78 is 0. The quantitative estimate of drug-likeness (QED) is 0.851. The smallest absolute Gasteiger partial charge is 0.307 e. The second kappa shape index (κ2) is 4.65. The molecule has 0 atom stereocenters. The Kier molecular flexibility index (Phi) is 3.70. The minimum absolute atomic E-state index is 0.00400. The van der Waals surface area contributed by atoms with Crippen molar-refractivity contribution in [1.29, 1.82) is 0 Å². The number of carboxylic acid groups (broad SMARTS) is 1. The summed E-state index contributed by atoms with van der Waals surface area (Å²) in [5.74, 6) is -0.843. The fraction of sp³-hybridized carbons (Fsp3) is 0.455. The fourth-order valence-corrected chi connectivity index (χ4v) is 1.96. The molecule has 0 saturated carbocycles. The Labute approximate surface area is 98.8 Å². The van der Waals surface area contributed by atoms with Crippen LogP contribution in [0.15, 0.2) is 11.5 Å². The molecule has 0 spiro atoms. The minimum atomic E-state index is -0.843. The summed E-state index contributed by atoms with van der Waals surface area (Å²) >= 11 is 1.36. The van der Waals surface area contributed by atoms with E-state index in [1.54, 1.807) is 6.08 Å². The van der Waals surface area contributed by atoms with Crippen molar-refractivity contribution in [2.45, 2.75) is 27.2 Å². The molecule has 1 rings (SSSR count). The van der Waals surface area contributed by atoms with Crippen LogP contribution < -0.4 is 5.73 Å². The van der Waals surface area contributed by atoms with Gasteiger partial charge in [0.15, 0.2) is 5.13 Å². The average Bonchev–Trinajstić information content (AvgIpc) is 2.49. The average molecular weight is 240 g/mol. The Balaban J connectivity index is 3.06. The Bertz CT molecular complexity index is 416. The summed E-state index contributed by atoms with van der Waals surface area (Å²) in [7, 11) is 0. The van der Waals surface area contributed by atoms with Gasteiger partial charge in [0, 0.05) is 5.38 Å². The highest BCUT2D eigenvalue weighted by Gasteiger charge is 2.21. The number of hydrogen-bond donors (Lipinski definition) is 2. The van der Waals surface area contributed by atoms with Gasteiger partial charge in [-0.3, -0.25) is 4.79 Å². The molecule has 0 aliphatic rings. The maximum atomic E-state index is 10.6. The number of carbonyl (C=O) groups is 1. The SMILES string of the molecule is CC(C)(C)/C(=C/CC(=O)O)c1csc(N)n1. The van der Waals surface area contributed by atoms with Crippen molar-refractivity contribution in [1.82, 2.24) is 4.98 Å². The number of nitrogen functional groups attached to an aromatic ring is 1. The van der Waals surface area contributed by atoms with Crippen LogP contribution in [0.1, 0.15) is 32.9 Å². The zero-order chi connectivity index (χ0) is 12.3. The summed E-state index contributed by atoms with van der Waals surface area (Å²) in [6.07, 6.45) is 1.71. The van der Waals surface area contributed by atoms with Crippen molar-refractivity contribution in [3.63, 3.8) is 0 Å². The predicted molar refractivity (Wildman–Crippen MR) is 66.2 cm³/mol. The van der Waals surface area contributed by atoms with Gasteiger partial charge in [0.1, 0.15) is 0 Å².